The number of rotatable bonds is 9. The van der Waals surface area contributed by atoms with Gasteiger partial charge in [0.05, 0.1) is 0 Å². The van der Waals surface area contributed by atoms with Crippen molar-refractivity contribution < 1.29 is 4.43 Å². The molecule has 0 saturated carbocycles. The first-order valence-corrected chi connectivity index (χ1v) is 10.2. The molecule has 0 spiro atoms. The van der Waals surface area contributed by atoms with Crippen LogP contribution in [0, 0.1) is 0 Å². The highest BCUT2D eigenvalue weighted by molar-refractivity contribution is 9.09. The van der Waals surface area contributed by atoms with Gasteiger partial charge in [0.2, 0.25) is 0 Å². The molecule has 92 valence electrons. The van der Waals surface area contributed by atoms with Crippen LogP contribution in [0.3, 0.4) is 0 Å². The molecule has 0 aromatic carbocycles. The molecule has 0 bridgehead atoms. The molecule has 15 heavy (non-hydrogen) atoms. The Labute approximate surface area is 105 Å². The van der Waals surface area contributed by atoms with Gasteiger partial charge in [-0.3, -0.25) is 0 Å². The molecule has 0 N–H and O–H groups in total. The van der Waals surface area contributed by atoms with Crippen LogP contribution in [0.5, 0.6) is 0 Å². The largest absolute Gasteiger partial charge is 0.416 e. The number of hydrogen-bond acceptors (Lipinski definition) is 2. The highest BCUT2D eigenvalue weighted by Gasteiger charge is 2.21. The second-order valence-electron chi connectivity index (χ2n) is 4.43. The fourth-order valence-corrected chi connectivity index (χ4v) is 4.17. The van der Waals surface area contributed by atoms with Crippen LogP contribution >= 0.6 is 15.9 Å². The fraction of sp³-hybridized carbons (Fsp3) is 1.00. The molecular weight excluding hydrogens is 270 g/mol. The van der Waals surface area contributed by atoms with Gasteiger partial charge in [0.15, 0.2) is 8.32 Å². The van der Waals surface area contributed by atoms with Gasteiger partial charge in [-0.15, -0.1) is 0 Å². The van der Waals surface area contributed by atoms with Crippen LogP contribution in [-0.4, -0.2) is 44.8 Å². The highest BCUT2D eigenvalue weighted by atomic mass is 79.9. The minimum atomic E-state index is -1.37. The van der Waals surface area contributed by atoms with E-state index in [1.807, 2.05) is 0 Å². The number of nitrogens with zero attached hydrogens (tertiary/aromatic N) is 1. The van der Waals surface area contributed by atoms with Crippen LogP contribution < -0.4 is 0 Å². The van der Waals surface area contributed by atoms with Crippen LogP contribution in [0.25, 0.3) is 0 Å². The zero-order valence-electron chi connectivity index (χ0n) is 10.7. The van der Waals surface area contributed by atoms with Crippen LogP contribution in [0.4, 0.5) is 0 Å². The summed E-state index contributed by atoms with van der Waals surface area (Å²) in [5.41, 5.74) is 0. The Morgan fingerprint density at radius 2 is 1.80 bits per heavy atom. The smallest absolute Gasteiger partial charge is 0.186 e. The topological polar surface area (TPSA) is 12.5 Å². The third-order valence-electron chi connectivity index (χ3n) is 2.71. The summed E-state index contributed by atoms with van der Waals surface area (Å²) in [6.07, 6.45) is 1.24. The monoisotopic (exact) mass is 295 g/mol. The standard InChI is InChI=1S/C11H26BrNOSi/c1-5-13(6-2)9-10-14-15(3,4)11-7-8-12/h5-11H2,1-4H3. The van der Waals surface area contributed by atoms with Gasteiger partial charge in [-0.2, -0.15) is 0 Å². The van der Waals surface area contributed by atoms with Crippen molar-refractivity contribution in [1.29, 1.82) is 0 Å². The molecule has 0 aromatic rings. The summed E-state index contributed by atoms with van der Waals surface area (Å²) < 4.78 is 6.04. The lowest BCUT2D eigenvalue weighted by molar-refractivity contribution is 0.217. The van der Waals surface area contributed by atoms with Gasteiger partial charge in [-0.1, -0.05) is 29.8 Å². The second-order valence-corrected chi connectivity index (χ2v) is 9.53. The average molecular weight is 296 g/mol. The van der Waals surface area contributed by atoms with E-state index in [-0.39, 0.29) is 0 Å². The number of hydrogen-bond donors (Lipinski definition) is 0. The maximum absolute atomic E-state index is 6.04. The van der Waals surface area contributed by atoms with Crippen LogP contribution in [0.15, 0.2) is 0 Å². The first-order valence-electron chi connectivity index (χ1n) is 5.98. The first kappa shape index (κ1) is 15.6. The molecule has 0 rings (SSSR count). The summed E-state index contributed by atoms with van der Waals surface area (Å²) in [5.74, 6) is 0. The van der Waals surface area contributed by atoms with Gasteiger partial charge < -0.3 is 9.33 Å². The van der Waals surface area contributed by atoms with Gasteiger partial charge in [-0.25, -0.2) is 0 Å². The van der Waals surface area contributed by atoms with Crippen molar-refractivity contribution >= 4 is 24.2 Å². The molecule has 0 saturated heterocycles. The van der Waals surface area contributed by atoms with Gasteiger partial charge >= 0.3 is 0 Å². The predicted octanol–water partition coefficient (Wildman–Crippen LogP) is 3.33. The first-order chi connectivity index (χ1) is 7.05. The SMILES string of the molecule is CCN(CC)CCO[Si](C)(C)CCCBr. The lowest BCUT2D eigenvalue weighted by Crippen LogP contribution is -2.35. The van der Waals surface area contributed by atoms with Gasteiger partial charge in [0, 0.05) is 18.5 Å². The Morgan fingerprint density at radius 1 is 1.20 bits per heavy atom. The van der Waals surface area contributed by atoms with E-state index in [2.05, 4.69) is 47.8 Å². The Kier molecular flexibility index (Phi) is 9.09. The number of likely N-dealkylation sites (N-methyl/N-ethyl adjacent to an activating group) is 1. The van der Waals surface area contributed by atoms with Crippen molar-refractivity contribution in [3.63, 3.8) is 0 Å². The van der Waals surface area contributed by atoms with Crippen LogP contribution in [0.1, 0.15) is 20.3 Å². The lowest BCUT2D eigenvalue weighted by atomic mass is 10.5. The summed E-state index contributed by atoms with van der Waals surface area (Å²) in [4.78, 5) is 2.41. The molecule has 0 amide bonds. The molecule has 4 heteroatoms. The molecule has 0 aliphatic carbocycles. The van der Waals surface area contributed by atoms with E-state index >= 15 is 0 Å². The second kappa shape index (κ2) is 8.73. The van der Waals surface area contributed by atoms with Gasteiger partial charge in [-0.05, 0) is 38.6 Å². The lowest BCUT2D eigenvalue weighted by Gasteiger charge is -2.25. The van der Waals surface area contributed by atoms with E-state index in [1.54, 1.807) is 0 Å². The zero-order valence-corrected chi connectivity index (χ0v) is 13.3. The average Bonchev–Trinajstić information content (AvgIpc) is 2.22. The van der Waals surface area contributed by atoms with Crippen molar-refractivity contribution in [3.05, 3.63) is 0 Å². The maximum Gasteiger partial charge on any atom is 0.186 e. The number of halogens is 1. The highest BCUT2D eigenvalue weighted by Crippen LogP contribution is 2.14. The summed E-state index contributed by atoms with van der Waals surface area (Å²) >= 11 is 3.47. The minimum absolute atomic E-state index is 0.906. The zero-order chi connectivity index (χ0) is 11.7. The van der Waals surface area contributed by atoms with E-state index < -0.39 is 8.32 Å². The molecule has 0 atom stereocenters. The molecule has 0 fully saturated rings. The van der Waals surface area contributed by atoms with Crippen molar-refractivity contribution in [1.82, 2.24) is 4.90 Å². The summed E-state index contributed by atoms with van der Waals surface area (Å²) in [6.45, 7) is 13.3. The van der Waals surface area contributed by atoms with Crippen molar-refractivity contribution in [3.8, 4) is 0 Å². The molecule has 0 unspecified atom stereocenters. The van der Waals surface area contributed by atoms with Crippen molar-refractivity contribution in [2.24, 2.45) is 0 Å². The summed E-state index contributed by atoms with van der Waals surface area (Å²) in [5, 5.41) is 1.10. The van der Waals surface area contributed by atoms with Crippen molar-refractivity contribution in [2.45, 2.75) is 39.4 Å². The molecular formula is C11H26BrNOSi. The molecule has 0 heterocycles. The summed E-state index contributed by atoms with van der Waals surface area (Å²) in [6, 6.07) is 1.26. The minimum Gasteiger partial charge on any atom is -0.416 e. The molecule has 0 aromatic heterocycles. The third-order valence-corrected chi connectivity index (χ3v) is 5.81. The van der Waals surface area contributed by atoms with Crippen LogP contribution in [0.2, 0.25) is 19.1 Å². The maximum atomic E-state index is 6.04. The quantitative estimate of drug-likeness (QED) is 0.478. The van der Waals surface area contributed by atoms with Gasteiger partial charge in [0.25, 0.3) is 0 Å². The Bertz CT molecular complexity index is 152. The van der Waals surface area contributed by atoms with Crippen LogP contribution in [-0.2, 0) is 4.43 Å². The van der Waals surface area contributed by atoms with Gasteiger partial charge in [0.1, 0.15) is 0 Å². The molecule has 0 aliphatic heterocycles. The Hall–Kier alpha value is 0.617. The molecule has 2 nitrogen and oxygen atoms in total. The van der Waals surface area contributed by atoms with E-state index in [0.717, 1.165) is 31.6 Å². The molecule has 0 aliphatic rings. The Balaban J connectivity index is 3.63. The molecule has 0 radical (unpaired) electrons. The predicted molar refractivity (Wildman–Crippen MR) is 74.4 cm³/mol. The fourth-order valence-electron chi connectivity index (χ4n) is 1.56. The Morgan fingerprint density at radius 3 is 2.27 bits per heavy atom. The van der Waals surface area contributed by atoms with E-state index in [0.29, 0.717) is 0 Å². The van der Waals surface area contributed by atoms with E-state index in [1.165, 1.54) is 12.5 Å². The number of alkyl halides is 1. The third kappa shape index (κ3) is 8.43. The van der Waals surface area contributed by atoms with E-state index in [4.69, 9.17) is 4.43 Å². The van der Waals surface area contributed by atoms with Crippen molar-refractivity contribution in [2.75, 3.05) is 31.6 Å². The summed E-state index contributed by atoms with van der Waals surface area (Å²) in [7, 11) is -1.37. The normalized spacial score (nSPS) is 12.4. The van der Waals surface area contributed by atoms with E-state index in [9.17, 15) is 0 Å².